The number of aryl methyl sites for hydroxylation is 1. The molecule has 0 bridgehead atoms. The van der Waals surface area contributed by atoms with E-state index in [0.717, 1.165) is 78.1 Å². The van der Waals surface area contributed by atoms with Crippen LogP contribution in [0.1, 0.15) is 40.0 Å². The van der Waals surface area contributed by atoms with Crippen LogP contribution in [0.2, 0.25) is 5.02 Å². The Kier molecular flexibility index (Phi) is 12.9. The van der Waals surface area contributed by atoms with Crippen molar-refractivity contribution in [3.63, 3.8) is 0 Å². The fourth-order valence-corrected chi connectivity index (χ4v) is 11.3. The zero-order valence-corrected chi connectivity index (χ0v) is 41.3. The molecule has 2 aromatic heterocycles. The first-order valence-corrected chi connectivity index (χ1v) is 26.4. The Morgan fingerprint density at radius 3 is 2.28 bits per heavy atom. The third-order valence-corrected chi connectivity index (χ3v) is 15.4. The number of imide groups is 2. The highest BCUT2D eigenvalue weighted by Gasteiger charge is 2.45. The van der Waals surface area contributed by atoms with Crippen LogP contribution in [-0.2, 0) is 21.2 Å². The first kappa shape index (κ1) is 47.5. The van der Waals surface area contributed by atoms with Gasteiger partial charge in [-0.1, -0.05) is 48.0 Å². The quantitative estimate of drug-likeness (QED) is 0.0784. The molecule has 6 aromatic rings. The van der Waals surface area contributed by atoms with Gasteiger partial charge in [-0.2, -0.15) is 10.1 Å². The normalized spacial score (nSPS) is 18.5. The number of hydrogen-bond donors (Lipinski definition) is 3. The molecule has 4 aliphatic rings. The van der Waals surface area contributed by atoms with Gasteiger partial charge in [0.2, 0.25) is 17.8 Å². The number of nitrogens with one attached hydrogen (secondary N) is 3. The van der Waals surface area contributed by atoms with E-state index in [1.54, 1.807) is 25.1 Å². The van der Waals surface area contributed by atoms with E-state index in [1.165, 1.54) is 12.3 Å². The number of aromatic nitrogens is 4. The van der Waals surface area contributed by atoms with Crippen LogP contribution >= 0.6 is 18.7 Å². The molecule has 4 aliphatic heterocycles. The maximum atomic E-state index is 15.7. The van der Waals surface area contributed by atoms with Gasteiger partial charge in [0.15, 0.2) is 5.82 Å². The number of ether oxygens (including phenoxy) is 1. The highest BCUT2D eigenvalue weighted by atomic mass is 35.5. The predicted octanol–water partition coefficient (Wildman–Crippen LogP) is 7.13. The number of amides is 4. The second-order valence-corrected chi connectivity index (χ2v) is 22.3. The van der Waals surface area contributed by atoms with E-state index >= 15 is 4.39 Å². The minimum absolute atomic E-state index is 0.00237. The summed E-state index contributed by atoms with van der Waals surface area (Å²) in [4.78, 5) is 67.9. The molecule has 4 aromatic carbocycles. The Morgan fingerprint density at radius 1 is 0.817 bits per heavy atom. The summed E-state index contributed by atoms with van der Waals surface area (Å²) in [5.41, 5.74) is 6.25. The number of halogens is 2. The first-order chi connectivity index (χ1) is 34.1. The SMILES string of the molecule is COc1cc(N2CCN(CC3CCN(c4cc5c(cc4F)C(=O)N(C4CCC(=O)NC4=O)C5=O)C3)CC2)c(-c2cnn(C)c2)cc1Nc1ncc(Cl)c(Nc2ccc(-c3ccccc3)cc2P(C)(C)=O)n1. The van der Waals surface area contributed by atoms with Crippen LogP contribution in [-0.4, -0.2) is 125 Å². The summed E-state index contributed by atoms with van der Waals surface area (Å²) in [7, 11) is 0.728. The molecular weight excluding hydrogens is 948 g/mol. The van der Waals surface area contributed by atoms with E-state index in [2.05, 4.69) is 35.8 Å². The summed E-state index contributed by atoms with van der Waals surface area (Å²) in [5, 5.41) is 14.3. The molecule has 0 aliphatic carbocycles. The minimum Gasteiger partial charge on any atom is -0.494 e. The summed E-state index contributed by atoms with van der Waals surface area (Å²) in [6.07, 6.45) is 6.15. The molecule has 2 unspecified atom stereocenters. The monoisotopic (exact) mass is 999 g/mol. The van der Waals surface area contributed by atoms with Gasteiger partial charge < -0.3 is 29.7 Å². The van der Waals surface area contributed by atoms with Gasteiger partial charge in [0.05, 0.1) is 47.7 Å². The Morgan fingerprint density at radius 2 is 1.58 bits per heavy atom. The van der Waals surface area contributed by atoms with E-state index in [1.807, 2.05) is 85.0 Å². The Hall–Kier alpha value is -7.14. The highest BCUT2D eigenvalue weighted by molar-refractivity contribution is 7.70. The second-order valence-electron chi connectivity index (χ2n) is 18.7. The van der Waals surface area contributed by atoms with Crippen LogP contribution in [0, 0.1) is 11.7 Å². The molecule has 0 spiro atoms. The topological polar surface area (TPSA) is 187 Å². The van der Waals surface area contributed by atoms with Gasteiger partial charge in [-0.05, 0) is 73.5 Å². The van der Waals surface area contributed by atoms with Gasteiger partial charge in [-0.15, -0.1) is 0 Å². The lowest BCUT2D eigenvalue weighted by Crippen LogP contribution is -2.54. The van der Waals surface area contributed by atoms with Gasteiger partial charge in [0.1, 0.15) is 29.8 Å². The summed E-state index contributed by atoms with van der Waals surface area (Å²) >= 11 is 6.69. The zero-order chi connectivity index (χ0) is 49.7. The largest absolute Gasteiger partial charge is 0.494 e. The number of methoxy groups -OCH3 is 1. The van der Waals surface area contributed by atoms with Gasteiger partial charge in [0.25, 0.3) is 11.8 Å². The van der Waals surface area contributed by atoms with Crippen molar-refractivity contribution < 1.29 is 32.9 Å². The van der Waals surface area contributed by atoms with Crippen molar-refractivity contribution in [2.75, 3.05) is 86.7 Å². The lowest BCUT2D eigenvalue weighted by molar-refractivity contribution is -0.136. The lowest BCUT2D eigenvalue weighted by Gasteiger charge is -2.38. The number of rotatable bonds is 13. The number of hydrogen-bond acceptors (Lipinski definition) is 14. The molecule has 3 fully saturated rings. The number of carbonyl (C=O) groups is 4. The predicted molar refractivity (Wildman–Crippen MR) is 272 cm³/mol. The molecule has 3 saturated heterocycles. The van der Waals surface area contributed by atoms with Crippen LogP contribution in [0.3, 0.4) is 0 Å². The molecule has 3 N–H and O–H groups in total. The molecular formula is C51H52ClFN11O6P. The summed E-state index contributed by atoms with van der Waals surface area (Å²) in [5.74, 6) is -1.77. The number of fused-ring (bicyclic) bond motifs is 1. The molecule has 0 saturated carbocycles. The summed E-state index contributed by atoms with van der Waals surface area (Å²) < 4.78 is 37.1. The fourth-order valence-electron chi connectivity index (χ4n) is 10.0. The highest BCUT2D eigenvalue weighted by Crippen LogP contribution is 2.43. The van der Waals surface area contributed by atoms with Crippen LogP contribution in [0.4, 0.5) is 38.9 Å². The molecule has 2 atom stereocenters. The number of piperazine rings is 1. The number of benzene rings is 4. The van der Waals surface area contributed by atoms with Gasteiger partial charge in [-0.25, -0.2) is 9.37 Å². The molecule has 10 rings (SSSR count). The molecule has 0 radical (unpaired) electrons. The number of anilines is 6. The molecule has 366 valence electrons. The van der Waals surface area contributed by atoms with Gasteiger partial charge in [-0.3, -0.25) is 39.0 Å². The van der Waals surface area contributed by atoms with Crippen molar-refractivity contribution >= 4 is 82.2 Å². The lowest BCUT2D eigenvalue weighted by atomic mass is 10.0. The van der Waals surface area contributed by atoms with E-state index < -0.39 is 42.6 Å². The average Bonchev–Trinajstić information content (AvgIpc) is 4.07. The van der Waals surface area contributed by atoms with Gasteiger partial charge >= 0.3 is 0 Å². The van der Waals surface area contributed by atoms with Crippen molar-refractivity contribution in [3.8, 4) is 28.0 Å². The molecule has 20 heteroatoms. The maximum absolute atomic E-state index is 15.7. The first-order valence-electron chi connectivity index (χ1n) is 23.4. The standard InChI is InChI=1S/C51H52ClFN11O6P/c1-60-29-33(25-55-60)34-22-40(57-51-54-26-37(52)47(59-51)56-39-11-10-32(20-45(39)71(3,4)69)31-8-6-5-7-9-31)44(70-2)24-42(34)62-18-16-61(17-19-62)27-30-14-15-63(28-30)43-23-36-35(21-38(43)53)49(67)64(50(36)68)41-12-13-46(65)58-48(41)66/h5-11,20-26,29-30,41H,12-19,27-28H2,1-4H3,(H,58,65,66)(H2,54,56,57,59). The van der Waals surface area contributed by atoms with Crippen LogP contribution in [0.15, 0.2) is 91.4 Å². The van der Waals surface area contributed by atoms with Gasteiger partial charge in [0, 0.05) is 93.7 Å². The number of nitrogens with zero attached hydrogens (tertiary/aromatic N) is 8. The molecule has 6 heterocycles. The van der Waals surface area contributed by atoms with Crippen molar-refractivity contribution in [3.05, 3.63) is 113 Å². The summed E-state index contributed by atoms with van der Waals surface area (Å²) in [6.45, 7) is 8.44. The molecule has 4 amide bonds. The van der Waals surface area contributed by atoms with E-state index in [0.29, 0.717) is 41.3 Å². The number of piperidine rings is 1. The Labute approximate surface area is 414 Å². The van der Waals surface area contributed by atoms with Crippen molar-refractivity contribution in [2.45, 2.75) is 25.3 Å². The van der Waals surface area contributed by atoms with Crippen molar-refractivity contribution in [1.82, 2.24) is 34.9 Å². The number of carbonyl (C=O) groups excluding carboxylic acids is 4. The van der Waals surface area contributed by atoms with Crippen molar-refractivity contribution in [2.24, 2.45) is 13.0 Å². The third kappa shape index (κ3) is 9.58. The Balaban J connectivity index is 0.822. The smallest absolute Gasteiger partial charge is 0.262 e. The maximum Gasteiger partial charge on any atom is 0.262 e. The van der Waals surface area contributed by atoms with Crippen LogP contribution in [0.5, 0.6) is 5.75 Å². The van der Waals surface area contributed by atoms with Crippen LogP contribution < -0.4 is 35.8 Å². The average molecular weight is 1000 g/mol. The molecule has 17 nitrogen and oxygen atoms in total. The third-order valence-electron chi connectivity index (χ3n) is 13.6. The zero-order valence-electron chi connectivity index (χ0n) is 39.6. The van der Waals surface area contributed by atoms with Crippen molar-refractivity contribution in [1.29, 1.82) is 0 Å². The molecule has 71 heavy (non-hydrogen) atoms. The minimum atomic E-state index is -2.76. The Bertz CT molecular complexity index is 3160. The van der Waals surface area contributed by atoms with E-state index in [4.69, 9.17) is 21.3 Å². The summed E-state index contributed by atoms with van der Waals surface area (Å²) in [6, 6.07) is 21.2. The second kappa shape index (κ2) is 19.2. The van der Waals surface area contributed by atoms with Crippen LogP contribution in [0.25, 0.3) is 22.3 Å². The fraction of sp³-hybridized carbons (Fsp3) is 0.314. The van der Waals surface area contributed by atoms with E-state index in [-0.39, 0.29) is 46.5 Å². The van der Waals surface area contributed by atoms with E-state index in [9.17, 15) is 23.7 Å².